The summed E-state index contributed by atoms with van der Waals surface area (Å²) in [5, 5.41) is 3.75. The minimum Gasteiger partial charge on any atom is -0.492 e. The lowest BCUT2D eigenvalue weighted by atomic mass is 10.1. The van der Waals surface area contributed by atoms with Gasteiger partial charge in [0.05, 0.1) is 18.3 Å². The molecule has 0 unspecified atom stereocenters. The molecule has 0 radical (unpaired) electrons. The number of terminal acetylenes is 1. The van der Waals surface area contributed by atoms with Crippen molar-refractivity contribution in [3.63, 3.8) is 0 Å². The molecule has 1 heterocycles. The Bertz CT molecular complexity index is 930. The van der Waals surface area contributed by atoms with E-state index >= 15 is 0 Å². The number of ether oxygens (including phenoxy) is 1. The summed E-state index contributed by atoms with van der Waals surface area (Å²) in [6.45, 7) is 0.600. The molecule has 130 valence electrons. The average Bonchev–Trinajstić information content (AvgIpc) is 2.68. The van der Waals surface area contributed by atoms with Crippen molar-refractivity contribution in [1.29, 1.82) is 0 Å². The maximum atomic E-state index is 12.4. The molecule has 1 amide bonds. The van der Waals surface area contributed by atoms with E-state index in [1.54, 1.807) is 12.3 Å². The lowest BCUT2D eigenvalue weighted by molar-refractivity contribution is 0.102. The topological polar surface area (TPSA) is 51.2 Å². The van der Waals surface area contributed by atoms with Gasteiger partial charge < -0.3 is 10.1 Å². The van der Waals surface area contributed by atoms with Gasteiger partial charge in [0.2, 0.25) is 0 Å². The highest BCUT2D eigenvalue weighted by molar-refractivity contribution is 6.06. The highest BCUT2D eigenvalue weighted by Gasteiger charge is 2.08. The van der Waals surface area contributed by atoms with E-state index < -0.39 is 0 Å². The Morgan fingerprint density at radius 1 is 1.12 bits per heavy atom. The standard InChI is InChI=1S/C22H20N2O2/c1-2-3-4-8-13-26-20-15-18-14-17(11-12-21(18)23-16-20)22(25)24-19-9-6-5-7-10-19/h1,5-7,9-12,14-16H,3-4,8,13H2,(H,24,25). The van der Waals surface area contributed by atoms with Crippen molar-refractivity contribution in [2.45, 2.75) is 19.3 Å². The van der Waals surface area contributed by atoms with E-state index in [-0.39, 0.29) is 5.91 Å². The number of rotatable bonds is 7. The molecule has 0 aliphatic carbocycles. The molecule has 3 rings (SSSR count). The first-order valence-corrected chi connectivity index (χ1v) is 8.59. The average molecular weight is 344 g/mol. The smallest absolute Gasteiger partial charge is 0.255 e. The van der Waals surface area contributed by atoms with Gasteiger partial charge in [-0.15, -0.1) is 12.3 Å². The Kier molecular flexibility index (Phi) is 5.84. The van der Waals surface area contributed by atoms with Gasteiger partial charge in [0.25, 0.3) is 5.91 Å². The molecular weight excluding hydrogens is 324 g/mol. The van der Waals surface area contributed by atoms with Gasteiger partial charge in [0.15, 0.2) is 0 Å². The van der Waals surface area contributed by atoms with Gasteiger partial charge in [0.1, 0.15) is 5.75 Å². The van der Waals surface area contributed by atoms with Crippen LogP contribution < -0.4 is 10.1 Å². The lowest BCUT2D eigenvalue weighted by Crippen LogP contribution is -2.11. The molecule has 0 aliphatic rings. The van der Waals surface area contributed by atoms with E-state index in [2.05, 4.69) is 16.2 Å². The fraction of sp³-hybridized carbons (Fsp3) is 0.182. The van der Waals surface area contributed by atoms with Gasteiger partial charge in [-0.25, -0.2) is 0 Å². The zero-order valence-electron chi connectivity index (χ0n) is 14.4. The Labute approximate surface area is 153 Å². The van der Waals surface area contributed by atoms with Crippen LogP contribution >= 0.6 is 0 Å². The summed E-state index contributed by atoms with van der Waals surface area (Å²) in [7, 11) is 0. The van der Waals surface area contributed by atoms with Crippen LogP contribution in [0.15, 0.2) is 60.8 Å². The van der Waals surface area contributed by atoms with Crippen molar-refractivity contribution in [2.24, 2.45) is 0 Å². The van der Waals surface area contributed by atoms with Gasteiger partial charge in [0, 0.05) is 23.1 Å². The number of pyridine rings is 1. The molecule has 0 saturated carbocycles. The Morgan fingerprint density at radius 2 is 1.96 bits per heavy atom. The van der Waals surface area contributed by atoms with Crippen molar-refractivity contribution in [1.82, 2.24) is 4.98 Å². The third-order valence-corrected chi connectivity index (χ3v) is 3.93. The number of para-hydroxylation sites is 1. The summed E-state index contributed by atoms with van der Waals surface area (Å²) < 4.78 is 5.73. The van der Waals surface area contributed by atoms with Crippen molar-refractivity contribution in [2.75, 3.05) is 11.9 Å². The minimum absolute atomic E-state index is 0.154. The number of nitrogens with zero attached hydrogens (tertiary/aromatic N) is 1. The number of hydrogen-bond donors (Lipinski definition) is 1. The molecule has 0 saturated heterocycles. The number of anilines is 1. The SMILES string of the molecule is C#CCCCCOc1cnc2ccc(C(=O)Nc3ccccc3)cc2c1. The first kappa shape index (κ1) is 17.5. The summed E-state index contributed by atoms with van der Waals surface area (Å²) in [5.74, 6) is 3.16. The van der Waals surface area contributed by atoms with E-state index in [1.165, 1.54) is 0 Å². The van der Waals surface area contributed by atoms with E-state index in [0.717, 1.165) is 35.9 Å². The zero-order valence-corrected chi connectivity index (χ0v) is 14.4. The van der Waals surface area contributed by atoms with Gasteiger partial charge in [-0.1, -0.05) is 18.2 Å². The van der Waals surface area contributed by atoms with Crippen LogP contribution in [0.5, 0.6) is 5.75 Å². The number of carbonyl (C=O) groups is 1. The van der Waals surface area contributed by atoms with Crippen molar-refractivity contribution < 1.29 is 9.53 Å². The number of benzene rings is 2. The lowest BCUT2D eigenvalue weighted by Gasteiger charge is -2.08. The highest BCUT2D eigenvalue weighted by atomic mass is 16.5. The third kappa shape index (κ3) is 4.61. The van der Waals surface area contributed by atoms with Crippen LogP contribution in [0.3, 0.4) is 0 Å². The second-order valence-corrected chi connectivity index (χ2v) is 5.91. The summed E-state index contributed by atoms with van der Waals surface area (Å²) in [6.07, 6.45) is 9.55. The van der Waals surface area contributed by atoms with Gasteiger partial charge in [-0.3, -0.25) is 9.78 Å². The van der Waals surface area contributed by atoms with Crippen LogP contribution in [-0.2, 0) is 0 Å². The van der Waals surface area contributed by atoms with E-state index in [0.29, 0.717) is 17.9 Å². The molecule has 0 bridgehead atoms. The molecule has 3 aromatic rings. The van der Waals surface area contributed by atoms with E-state index in [4.69, 9.17) is 11.2 Å². The molecule has 0 aliphatic heterocycles. The first-order chi connectivity index (χ1) is 12.8. The molecule has 4 nitrogen and oxygen atoms in total. The Hall–Kier alpha value is -3.32. The van der Waals surface area contributed by atoms with Crippen LogP contribution in [0.4, 0.5) is 5.69 Å². The maximum Gasteiger partial charge on any atom is 0.255 e. The van der Waals surface area contributed by atoms with Gasteiger partial charge in [-0.2, -0.15) is 0 Å². The molecule has 0 fully saturated rings. The number of nitrogens with one attached hydrogen (secondary N) is 1. The summed E-state index contributed by atoms with van der Waals surface area (Å²) >= 11 is 0. The van der Waals surface area contributed by atoms with Gasteiger partial charge >= 0.3 is 0 Å². The first-order valence-electron chi connectivity index (χ1n) is 8.59. The second-order valence-electron chi connectivity index (χ2n) is 5.91. The monoisotopic (exact) mass is 344 g/mol. The van der Waals surface area contributed by atoms with Gasteiger partial charge in [-0.05, 0) is 49.2 Å². The molecule has 0 spiro atoms. The summed E-state index contributed by atoms with van der Waals surface area (Å²) in [4.78, 5) is 16.8. The quantitative estimate of drug-likeness (QED) is 0.500. The Balaban J connectivity index is 1.70. The van der Waals surface area contributed by atoms with Crippen LogP contribution in [-0.4, -0.2) is 17.5 Å². The van der Waals surface area contributed by atoms with E-state index in [9.17, 15) is 4.79 Å². The van der Waals surface area contributed by atoms with Crippen molar-refractivity contribution in [3.8, 4) is 18.1 Å². The predicted molar refractivity (Wildman–Crippen MR) is 104 cm³/mol. The third-order valence-electron chi connectivity index (χ3n) is 3.93. The largest absolute Gasteiger partial charge is 0.492 e. The fourth-order valence-corrected chi connectivity index (χ4v) is 2.58. The molecule has 26 heavy (non-hydrogen) atoms. The number of hydrogen-bond acceptors (Lipinski definition) is 3. The molecular formula is C22H20N2O2. The fourth-order valence-electron chi connectivity index (χ4n) is 2.58. The molecule has 1 N–H and O–H groups in total. The van der Waals surface area contributed by atoms with E-state index in [1.807, 2.05) is 48.5 Å². The minimum atomic E-state index is -0.154. The molecule has 4 heteroatoms. The predicted octanol–water partition coefficient (Wildman–Crippen LogP) is 4.67. The number of amides is 1. The summed E-state index contributed by atoms with van der Waals surface area (Å²) in [5.41, 5.74) is 2.16. The second kappa shape index (κ2) is 8.68. The molecule has 1 aromatic heterocycles. The van der Waals surface area contributed by atoms with Crippen LogP contribution in [0.1, 0.15) is 29.6 Å². The maximum absolute atomic E-state index is 12.4. The molecule has 0 atom stereocenters. The number of unbranched alkanes of at least 4 members (excludes halogenated alkanes) is 2. The summed E-state index contributed by atoms with van der Waals surface area (Å²) in [6, 6.07) is 16.7. The van der Waals surface area contributed by atoms with Crippen LogP contribution in [0.25, 0.3) is 10.9 Å². The van der Waals surface area contributed by atoms with Crippen molar-refractivity contribution >= 4 is 22.5 Å². The van der Waals surface area contributed by atoms with Crippen molar-refractivity contribution in [3.05, 3.63) is 66.4 Å². The molecule has 2 aromatic carbocycles. The number of aromatic nitrogens is 1. The normalized spacial score (nSPS) is 10.3. The number of fused-ring (bicyclic) bond motifs is 1. The Morgan fingerprint density at radius 3 is 2.77 bits per heavy atom. The van der Waals surface area contributed by atoms with Crippen LogP contribution in [0, 0.1) is 12.3 Å². The number of carbonyl (C=O) groups excluding carboxylic acids is 1. The van der Waals surface area contributed by atoms with Crippen LogP contribution in [0.2, 0.25) is 0 Å². The highest BCUT2D eigenvalue weighted by Crippen LogP contribution is 2.21. The zero-order chi connectivity index (χ0) is 18.2.